The Bertz CT molecular complexity index is 504. The molecular formula is C12H17F3N4O. The van der Waals surface area contributed by atoms with Crippen LogP contribution in [-0.2, 0) is 6.18 Å². The smallest absolute Gasteiger partial charge is 0.392 e. The van der Waals surface area contributed by atoms with E-state index in [0.29, 0.717) is 6.42 Å². The van der Waals surface area contributed by atoms with Crippen LogP contribution in [0.1, 0.15) is 26.1 Å². The van der Waals surface area contributed by atoms with Crippen molar-refractivity contribution in [3.63, 3.8) is 0 Å². The van der Waals surface area contributed by atoms with Crippen molar-refractivity contribution in [3.8, 4) is 0 Å². The third-order valence-corrected chi connectivity index (χ3v) is 3.77. The number of anilines is 2. The number of aliphatic hydroxyl groups excluding tert-OH is 1. The largest absolute Gasteiger partial charge is 0.451 e. The molecule has 1 fully saturated rings. The average molecular weight is 290 g/mol. The van der Waals surface area contributed by atoms with Crippen molar-refractivity contribution in [3.05, 3.63) is 11.9 Å². The first-order valence-corrected chi connectivity index (χ1v) is 6.23. The topological polar surface area (TPSA) is 70.1 Å². The van der Waals surface area contributed by atoms with E-state index in [1.54, 1.807) is 0 Å². The average Bonchev–Trinajstić information content (AvgIpc) is 2.37. The van der Waals surface area contributed by atoms with E-state index >= 15 is 0 Å². The van der Waals surface area contributed by atoms with Crippen LogP contribution in [0.15, 0.2) is 6.07 Å². The van der Waals surface area contributed by atoms with Crippen LogP contribution in [-0.4, -0.2) is 34.3 Å². The summed E-state index contributed by atoms with van der Waals surface area (Å²) in [6.07, 6.45) is -4.58. The first-order valence-electron chi connectivity index (χ1n) is 6.23. The maximum Gasteiger partial charge on any atom is 0.451 e. The zero-order valence-corrected chi connectivity index (χ0v) is 11.4. The van der Waals surface area contributed by atoms with E-state index in [-0.39, 0.29) is 17.7 Å². The summed E-state index contributed by atoms with van der Waals surface area (Å²) in [6, 6.07) is 1.29. The molecule has 1 heterocycles. The third kappa shape index (κ3) is 2.65. The van der Waals surface area contributed by atoms with Gasteiger partial charge in [-0.05, 0) is 6.42 Å². The second-order valence-electron chi connectivity index (χ2n) is 5.48. The third-order valence-electron chi connectivity index (χ3n) is 3.77. The van der Waals surface area contributed by atoms with Gasteiger partial charge in [0, 0.05) is 24.6 Å². The van der Waals surface area contributed by atoms with Crippen LogP contribution in [0.3, 0.4) is 0 Å². The number of nitrogens with zero attached hydrogens (tertiary/aromatic N) is 2. The van der Waals surface area contributed by atoms with Crippen molar-refractivity contribution in [2.24, 2.45) is 5.41 Å². The Morgan fingerprint density at radius 3 is 2.35 bits per heavy atom. The SMILES string of the molecule is CNc1cc(NC2CC(O)C2(C)C)nc(C(F)(F)F)n1. The molecule has 3 N–H and O–H groups in total. The van der Waals surface area contributed by atoms with Gasteiger partial charge in [0.15, 0.2) is 0 Å². The number of nitrogens with one attached hydrogen (secondary N) is 2. The minimum Gasteiger partial charge on any atom is -0.392 e. The van der Waals surface area contributed by atoms with Crippen LogP contribution in [0, 0.1) is 5.41 Å². The summed E-state index contributed by atoms with van der Waals surface area (Å²) in [5.41, 5.74) is -0.400. The molecule has 0 amide bonds. The summed E-state index contributed by atoms with van der Waals surface area (Å²) in [4.78, 5) is 6.89. The standard InChI is InChI=1S/C12H17F3N4O/c1-11(2)6(4-7(11)20)17-9-5-8(16-3)18-10(19-9)12(13,14)15/h5-7,20H,4H2,1-3H3,(H2,16,17,18,19). The molecule has 5 nitrogen and oxygen atoms in total. The second kappa shape index (κ2) is 4.76. The van der Waals surface area contributed by atoms with Gasteiger partial charge in [0.25, 0.3) is 0 Å². The molecule has 2 rings (SSSR count). The molecule has 20 heavy (non-hydrogen) atoms. The first-order chi connectivity index (χ1) is 9.14. The van der Waals surface area contributed by atoms with Gasteiger partial charge in [0.05, 0.1) is 6.10 Å². The molecule has 1 saturated carbocycles. The van der Waals surface area contributed by atoms with Crippen LogP contribution in [0.25, 0.3) is 0 Å². The van der Waals surface area contributed by atoms with Crippen molar-refractivity contribution >= 4 is 11.6 Å². The Morgan fingerprint density at radius 2 is 1.90 bits per heavy atom. The predicted molar refractivity (Wildman–Crippen MR) is 68.4 cm³/mol. The van der Waals surface area contributed by atoms with Crippen LogP contribution in [0.2, 0.25) is 0 Å². The highest BCUT2D eigenvalue weighted by Crippen LogP contribution is 2.42. The first kappa shape index (κ1) is 14.8. The molecule has 2 unspecified atom stereocenters. The van der Waals surface area contributed by atoms with Gasteiger partial charge in [0.1, 0.15) is 11.6 Å². The van der Waals surface area contributed by atoms with Gasteiger partial charge < -0.3 is 15.7 Å². The number of aliphatic hydroxyl groups is 1. The zero-order chi connectivity index (χ0) is 15.1. The minimum atomic E-state index is -4.60. The van der Waals surface area contributed by atoms with Gasteiger partial charge in [-0.3, -0.25) is 0 Å². The van der Waals surface area contributed by atoms with Gasteiger partial charge in [-0.15, -0.1) is 0 Å². The lowest BCUT2D eigenvalue weighted by atomic mass is 9.64. The van der Waals surface area contributed by atoms with Crippen LogP contribution < -0.4 is 10.6 Å². The lowest BCUT2D eigenvalue weighted by Gasteiger charge is -2.49. The van der Waals surface area contributed by atoms with Crippen LogP contribution in [0.5, 0.6) is 0 Å². The van der Waals surface area contributed by atoms with Crippen molar-refractivity contribution in [1.82, 2.24) is 9.97 Å². The molecule has 1 aromatic rings. The molecule has 0 saturated heterocycles. The number of halogens is 3. The summed E-state index contributed by atoms with van der Waals surface area (Å²) < 4.78 is 38.1. The summed E-state index contributed by atoms with van der Waals surface area (Å²) in [6.45, 7) is 3.70. The molecule has 0 spiro atoms. The Hall–Kier alpha value is -1.57. The molecule has 0 aliphatic heterocycles. The molecule has 1 aliphatic carbocycles. The molecule has 8 heteroatoms. The van der Waals surface area contributed by atoms with E-state index in [0.717, 1.165) is 0 Å². The second-order valence-corrected chi connectivity index (χ2v) is 5.48. The lowest BCUT2D eigenvalue weighted by Crippen LogP contribution is -2.57. The van der Waals surface area contributed by atoms with E-state index in [1.807, 2.05) is 13.8 Å². The molecule has 0 aromatic carbocycles. The summed E-state index contributed by atoms with van der Waals surface area (Å²) in [7, 11) is 1.49. The Kier molecular flexibility index (Phi) is 3.53. The maximum absolute atomic E-state index is 12.7. The molecule has 0 radical (unpaired) electrons. The summed E-state index contributed by atoms with van der Waals surface area (Å²) in [5, 5.41) is 15.2. The normalized spacial score (nSPS) is 24.9. The molecule has 2 atom stereocenters. The van der Waals surface area contributed by atoms with Crippen molar-refractivity contribution in [2.45, 2.75) is 38.6 Å². The summed E-state index contributed by atoms with van der Waals surface area (Å²) in [5.74, 6) is -1.00. The minimum absolute atomic E-state index is 0.0903. The molecular weight excluding hydrogens is 273 g/mol. The highest BCUT2D eigenvalue weighted by atomic mass is 19.4. The quantitative estimate of drug-likeness (QED) is 0.795. The van der Waals surface area contributed by atoms with Gasteiger partial charge in [-0.1, -0.05) is 13.8 Å². The Balaban J connectivity index is 2.24. The fourth-order valence-corrected chi connectivity index (χ4v) is 2.10. The van der Waals surface area contributed by atoms with Crippen LogP contribution in [0.4, 0.5) is 24.8 Å². The zero-order valence-electron chi connectivity index (χ0n) is 11.4. The fourth-order valence-electron chi connectivity index (χ4n) is 2.10. The maximum atomic E-state index is 12.7. The molecule has 0 bridgehead atoms. The number of aromatic nitrogens is 2. The van der Waals surface area contributed by atoms with Crippen LogP contribution >= 0.6 is 0 Å². The van der Waals surface area contributed by atoms with Gasteiger partial charge in [0.2, 0.25) is 5.82 Å². The highest BCUT2D eigenvalue weighted by molar-refractivity contribution is 5.48. The van der Waals surface area contributed by atoms with E-state index in [1.165, 1.54) is 13.1 Å². The Labute approximate surface area is 114 Å². The van der Waals surface area contributed by atoms with Crippen molar-refractivity contribution in [1.29, 1.82) is 0 Å². The van der Waals surface area contributed by atoms with E-state index < -0.39 is 23.5 Å². The number of hydrogen-bond donors (Lipinski definition) is 3. The molecule has 1 aliphatic rings. The fraction of sp³-hybridized carbons (Fsp3) is 0.667. The predicted octanol–water partition coefficient (Wildman–Crippen LogP) is 2.11. The highest BCUT2D eigenvalue weighted by Gasteiger charge is 2.47. The van der Waals surface area contributed by atoms with E-state index in [9.17, 15) is 18.3 Å². The number of rotatable bonds is 3. The van der Waals surface area contributed by atoms with Crippen molar-refractivity contribution < 1.29 is 18.3 Å². The monoisotopic (exact) mass is 290 g/mol. The molecule has 112 valence electrons. The van der Waals surface area contributed by atoms with Gasteiger partial charge in [-0.25, -0.2) is 9.97 Å². The van der Waals surface area contributed by atoms with Gasteiger partial charge >= 0.3 is 6.18 Å². The molecule has 1 aromatic heterocycles. The van der Waals surface area contributed by atoms with Crippen molar-refractivity contribution in [2.75, 3.05) is 17.7 Å². The summed E-state index contributed by atoms with van der Waals surface area (Å²) >= 11 is 0. The van der Waals surface area contributed by atoms with E-state index in [2.05, 4.69) is 20.6 Å². The van der Waals surface area contributed by atoms with E-state index in [4.69, 9.17) is 0 Å². The number of hydrogen-bond acceptors (Lipinski definition) is 5. The van der Waals surface area contributed by atoms with Gasteiger partial charge in [-0.2, -0.15) is 13.2 Å². The Morgan fingerprint density at radius 1 is 1.30 bits per heavy atom. The number of alkyl halides is 3. The lowest BCUT2D eigenvalue weighted by molar-refractivity contribution is -0.144.